The van der Waals surface area contributed by atoms with Crippen LogP contribution in [0, 0.1) is 0 Å². The first kappa shape index (κ1) is 16.6. The van der Waals surface area contributed by atoms with E-state index < -0.39 is 0 Å². The van der Waals surface area contributed by atoms with E-state index in [0.717, 1.165) is 30.0 Å². The number of hydrogen-bond acceptors (Lipinski definition) is 3. The molecule has 1 aliphatic rings. The molecule has 3 rings (SSSR count). The first-order valence-electron chi connectivity index (χ1n) is 8.67. The van der Waals surface area contributed by atoms with E-state index in [9.17, 15) is 4.79 Å². The zero-order chi connectivity index (χ0) is 16.9. The fourth-order valence-electron chi connectivity index (χ4n) is 3.17. The third kappa shape index (κ3) is 3.78. The van der Waals surface area contributed by atoms with Gasteiger partial charge in [-0.1, -0.05) is 32.0 Å². The number of fused-ring (bicyclic) bond motifs is 1. The number of aryl methyl sites for hydroxylation is 1. The van der Waals surface area contributed by atoms with Crippen LogP contribution in [0.2, 0.25) is 0 Å². The van der Waals surface area contributed by atoms with E-state index in [1.807, 2.05) is 30.5 Å². The summed E-state index contributed by atoms with van der Waals surface area (Å²) in [6.45, 7) is 5.59. The minimum absolute atomic E-state index is 0.0311. The monoisotopic (exact) mass is 327 g/mol. The molecule has 1 N–H and O–H groups in total. The second-order valence-electron chi connectivity index (χ2n) is 6.53. The number of aromatic nitrogens is 2. The van der Waals surface area contributed by atoms with Crippen LogP contribution in [0.1, 0.15) is 56.5 Å². The Morgan fingerprint density at radius 3 is 3.08 bits per heavy atom. The Morgan fingerprint density at radius 2 is 2.25 bits per heavy atom. The number of rotatable bonds is 5. The van der Waals surface area contributed by atoms with Gasteiger partial charge in [-0.05, 0) is 18.9 Å². The van der Waals surface area contributed by atoms with Crippen LogP contribution in [-0.2, 0) is 11.3 Å². The molecule has 0 spiro atoms. The van der Waals surface area contributed by atoms with Gasteiger partial charge in [0.25, 0.3) is 0 Å². The van der Waals surface area contributed by atoms with Crippen molar-refractivity contribution < 1.29 is 9.53 Å². The van der Waals surface area contributed by atoms with E-state index in [1.54, 1.807) is 6.20 Å². The molecule has 0 saturated heterocycles. The van der Waals surface area contributed by atoms with Crippen LogP contribution < -0.4 is 10.1 Å². The predicted octanol–water partition coefficient (Wildman–Crippen LogP) is 3.43. The molecule has 0 saturated carbocycles. The van der Waals surface area contributed by atoms with Crippen LogP contribution in [0.3, 0.4) is 0 Å². The van der Waals surface area contributed by atoms with Crippen molar-refractivity contribution in [1.82, 2.24) is 14.9 Å². The van der Waals surface area contributed by atoms with Crippen molar-refractivity contribution in [3.8, 4) is 5.75 Å². The smallest absolute Gasteiger partial charge is 0.222 e. The van der Waals surface area contributed by atoms with Crippen molar-refractivity contribution in [3.05, 3.63) is 48.0 Å². The molecule has 1 unspecified atom stereocenters. The number of benzene rings is 1. The first-order chi connectivity index (χ1) is 11.6. The molecule has 5 heteroatoms. The van der Waals surface area contributed by atoms with E-state index in [4.69, 9.17) is 4.74 Å². The van der Waals surface area contributed by atoms with Crippen LogP contribution in [0.5, 0.6) is 5.75 Å². The van der Waals surface area contributed by atoms with Gasteiger partial charge in [-0.25, -0.2) is 4.98 Å². The summed E-state index contributed by atoms with van der Waals surface area (Å²) in [5.41, 5.74) is 1.08. The quantitative estimate of drug-likeness (QED) is 0.915. The second-order valence-corrected chi connectivity index (χ2v) is 6.53. The summed E-state index contributed by atoms with van der Waals surface area (Å²) >= 11 is 0. The maximum absolute atomic E-state index is 12.4. The van der Waals surface area contributed by atoms with Gasteiger partial charge in [0, 0.05) is 36.8 Å². The molecule has 2 aromatic rings. The molecule has 5 nitrogen and oxygen atoms in total. The highest BCUT2D eigenvalue weighted by molar-refractivity contribution is 5.76. The molecule has 0 fully saturated rings. The highest BCUT2D eigenvalue weighted by Crippen LogP contribution is 2.31. The van der Waals surface area contributed by atoms with Gasteiger partial charge < -0.3 is 14.6 Å². The van der Waals surface area contributed by atoms with E-state index in [1.165, 1.54) is 0 Å². The van der Waals surface area contributed by atoms with Gasteiger partial charge in [0.1, 0.15) is 11.6 Å². The minimum atomic E-state index is 0.0311. The summed E-state index contributed by atoms with van der Waals surface area (Å²) in [6.07, 6.45) is 6.04. The Hall–Kier alpha value is -2.30. The van der Waals surface area contributed by atoms with E-state index in [-0.39, 0.29) is 11.9 Å². The molecule has 1 aromatic heterocycles. The highest BCUT2D eigenvalue weighted by atomic mass is 16.5. The summed E-state index contributed by atoms with van der Waals surface area (Å²) in [4.78, 5) is 16.8. The maximum Gasteiger partial charge on any atom is 0.222 e. The summed E-state index contributed by atoms with van der Waals surface area (Å²) in [6, 6.07) is 8.00. The number of carbonyl (C=O) groups is 1. The fourth-order valence-corrected chi connectivity index (χ4v) is 3.17. The van der Waals surface area contributed by atoms with Crippen LogP contribution in [0.4, 0.5) is 0 Å². The second kappa shape index (κ2) is 7.51. The minimum Gasteiger partial charge on any atom is -0.493 e. The molecule has 2 heterocycles. The molecule has 0 aliphatic carbocycles. The molecular weight excluding hydrogens is 302 g/mol. The fraction of sp³-hybridized carbons (Fsp3) is 0.474. The molecule has 1 atom stereocenters. The standard InChI is InChI=1S/C19H25N3O2/c1-14(2)19-20-10-12-22(19)11-9-18(23)21-16-7-5-13-24-17-8-4-3-6-15(16)17/h3-4,6,8,10,12,14,16H,5,7,9,11,13H2,1-2H3,(H,21,23). The average molecular weight is 327 g/mol. The number of nitrogens with zero attached hydrogens (tertiary/aromatic N) is 2. The van der Waals surface area contributed by atoms with Gasteiger partial charge in [0.15, 0.2) is 0 Å². The number of hydrogen-bond donors (Lipinski definition) is 1. The molecule has 1 aromatic carbocycles. The van der Waals surface area contributed by atoms with Crippen LogP contribution in [0.25, 0.3) is 0 Å². The van der Waals surface area contributed by atoms with Crippen LogP contribution in [-0.4, -0.2) is 22.1 Å². The largest absolute Gasteiger partial charge is 0.493 e. The topological polar surface area (TPSA) is 56.2 Å². The summed E-state index contributed by atoms with van der Waals surface area (Å²) in [7, 11) is 0. The van der Waals surface area contributed by atoms with Crippen molar-refractivity contribution in [2.75, 3.05) is 6.61 Å². The molecular formula is C19H25N3O2. The van der Waals surface area contributed by atoms with Gasteiger partial charge >= 0.3 is 0 Å². The maximum atomic E-state index is 12.4. The van der Waals surface area contributed by atoms with Crippen molar-refractivity contribution >= 4 is 5.91 Å². The molecule has 0 bridgehead atoms. The normalized spacial score (nSPS) is 17.0. The zero-order valence-electron chi connectivity index (χ0n) is 14.4. The Bertz CT molecular complexity index is 693. The van der Waals surface area contributed by atoms with E-state index in [0.29, 0.717) is 25.5 Å². The summed E-state index contributed by atoms with van der Waals surface area (Å²) in [5.74, 6) is 2.34. The van der Waals surface area contributed by atoms with Gasteiger partial charge in [0.2, 0.25) is 5.91 Å². The Balaban J connectivity index is 1.62. The lowest BCUT2D eigenvalue weighted by Gasteiger charge is -2.18. The van der Waals surface area contributed by atoms with E-state index >= 15 is 0 Å². The number of carbonyl (C=O) groups excluding carboxylic acids is 1. The third-order valence-electron chi connectivity index (χ3n) is 4.37. The van der Waals surface area contributed by atoms with Crippen LogP contribution in [0.15, 0.2) is 36.7 Å². The molecule has 1 amide bonds. The SMILES string of the molecule is CC(C)c1nccn1CCC(=O)NC1CCCOc2ccccc21. The summed E-state index contributed by atoms with van der Waals surface area (Å²) in [5, 5.41) is 3.17. The Morgan fingerprint density at radius 1 is 1.42 bits per heavy atom. The Kier molecular flexibility index (Phi) is 5.18. The van der Waals surface area contributed by atoms with Crippen molar-refractivity contribution in [3.63, 3.8) is 0 Å². The van der Waals surface area contributed by atoms with E-state index in [2.05, 4.69) is 28.7 Å². The number of nitrogens with one attached hydrogen (secondary N) is 1. The van der Waals surface area contributed by atoms with Gasteiger partial charge in [0.05, 0.1) is 12.6 Å². The van der Waals surface area contributed by atoms with Gasteiger partial charge in [-0.15, -0.1) is 0 Å². The lowest BCUT2D eigenvalue weighted by Crippen LogP contribution is -2.29. The number of imidazole rings is 1. The molecule has 24 heavy (non-hydrogen) atoms. The van der Waals surface area contributed by atoms with Crippen molar-refractivity contribution in [2.24, 2.45) is 0 Å². The Labute approximate surface area is 143 Å². The highest BCUT2D eigenvalue weighted by Gasteiger charge is 2.21. The average Bonchev–Trinajstić information content (AvgIpc) is 2.96. The van der Waals surface area contributed by atoms with Crippen LogP contribution >= 0.6 is 0 Å². The van der Waals surface area contributed by atoms with Gasteiger partial charge in [-0.3, -0.25) is 4.79 Å². The molecule has 0 radical (unpaired) electrons. The van der Waals surface area contributed by atoms with Gasteiger partial charge in [-0.2, -0.15) is 0 Å². The number of amides is 1. The first-order valence-corrected chi connectivity index (χ1v) is 8.67. The number of ether oxygens (including phenoxy) is 1. The third-order valence-corrected chi connectivity index (χ3v) is 4.37. The van der Waals surface area contributed by atoms with Crippen molar-refractivity contribution in [1.29, 1.82) is 0 Å². The lowest BCUT2D eigenvalue weighted by atomic mass is 10.0. The molecule has 128 valence electrons. The summed E-state index contributed by atoms with van der Waals surface area (Å²) < 4.78 is 7.82. The predicted molar refractivity (Wildman–Crippen MR) is 93.0 cm³/mol. The lowest BCUT2D eigenvalue weighted by molar-refractivity contribution is -0.122. The molecule has 1 aliphatic heterocycles. The zero-order valence-corrected chi connectivity index (χ0v) is 14.4. The number of para-hydroxylation sites is 1. The van der Waals surface area contributed by atoms with Crippen molar-refractivity contribution in [2.45, 2.75) is 51.6 Å².